The lowest BCUT2D eigenvalue weighted by atomic mass is 10.2. The van der Waals surface area contributed by atoms with Crippen molar-refractivity contribution in [3.63, 3.8) is 0 Å². The van der Waals surface area contributed by atoms with Crippen molar-refractivity contribution in [3.05, 3.63) is 261 Å². The van der Waals surface area contributed by atoms with Crippen LogP contribution in [0.3, 0.4) is 0 Å². The number of fused-ring (bicyclic) bond motifs is 3. The summed E-state index contributed by atoms with van der Waals surface area (Å²) in [6.45, 7) is 2.35. The SMILES string of the molecule is C[P+]1(c2cc(P3(=O)N(c4ccccc4)c4ccccc4N3c3ccccc3)nc(P3N(c4ccccc4)c4ccccc4N3c3ccccc3)n2)N(c2ccccc2)c2ccccc2N1c1ccccc1. The molecule has 12 heteroatoms. The number of anilines is 12. The van der Waals surface area contributed by atoms with Crippen molar-refractivity contribution in [2.45, 2.75) is 0 Å². The molecule has 71 heavy (non-hydrogen) atoms. The quantitative estimate of drug-likeness (QED) is 0.132. The number of hydrogen-bond donors (Lipinski definition) is 0. The molecule has 0 unspecified atom stereocenters. The number of rotatable bonds is 9. The van der Waals surface area contributed by atoms with Crippen LogP contribution in [-0.4, -0.2) is 16.6 Å². The minimum Gasteiger partial charge on any atom is -0.294 e. The molecular formula is C59H46N8OP3+. The highest BCUT2D eigenvalue weighted by molar-refractivity contribution is 7.86. The van der Waals surface area contributed by atoms with Crippen LogP contribution in [0.4, 0.5) is 68.2 Å². The molecule has 3 aliphatic rings. The molecule has 9 nitrogen and oxygen atoms in total. The smallest absolute Gasteiger partial charge is 0.294 e. The van der Waals surface area contributed by atoms with Crippen LogP contribution in [0.15, 0.2) is 261 Å². The summed E-state index contributed by atoms with van der Waals surface area (Å²) in [6.07, 6.45) is 0. The number of nitrogens with zero attached hydrogens (tertiary/aromatic N) is 8. The van der Waals surface area contributed by atoms with E-state index in [0.29, 0.717) is 11.0 Å². The summed E-state index contributed by atoms with van der Waals surface area (Å²) in [6, 6.07) is 90.1. The first kappa shape index (κ1) is 43.0. The maximum atomic E-state index is 17.9. The Morgan fingerprint density at radius 2 is 0.676 bits per heavy atom. The maximum Gasteiger partial charge on any atom is 0.319 e. The number of benzene rings is 9. The van der Waals surface area contributed by atoms with Gasteiger partial charge in [0.15, 0.2) is 13.8 Å². The Balaban J connectivity index is 1.17. The Hall–Kier alpha value is -8.05. The molecule has 0 saturated heterocycles. The monoisotopic (exact) mass is 975 g/mol. The molecule has 9 aromatic carbocycles. The van der Waals surface area contributed by atoms with E-state index < -0.39 is 23.2 Å². The molecule has 10 aromatic rings. The maximum absolute atomic E-state index is 17.9. The third-order valence-corrected chi connectivity index (χ3v) is 21.9. The van der Waals surface area contributed by atoms with Gasteiger partial charge in [0.2, 0.25) is 5.44 Å². The first-order valence-corrected chi connectivity index (χ1v) is 28.6. The second-order valence-corrected chi connectivity index (χ2v) is 24.7. The average Bonchev–Trinajstić information content (AvgIpc) is 4.03. The van der Waals surface area contributed by atoms with Crippen molar-refractivity contribution in [2.24, 2.45) is 0 Å². The first-order valence-electron chi connectivity index (χ1n) is 23.6. The second kappa shape index (κ2) is 17.4. The van der Waals surface area contributed by atoms with E-state index in [1.807, 2.05) is 82.1 Å². The third-order valence-electron chi connectivity index (χ3n) is 13.3. The largest absolute Gasteiger partial charge is 0.319 e. The van der Waals surface area contributed by atoms with Gasteiger partial charge in [-0.2, -0.15) is 14.3 Å². The number of aromatic nitrogens is 2. The van der Waals surface area contributed by atoms with Crippen LogP contribution < -0.4 is 44.5 Å². The molecule has 0 saturated carbocycles. The van der Waals surface area contributed by atoms with Gasteiger partial charge in [-0.15, -0.1) is 0 Å². The van der Waals surface area contributed by atoms with Crippen molar-refractivity contribution in [1.29, 1.82) is 0 Å². The van der Waals surface area contributed by atoms with Gasteiger partial charge in [-0.3, -0.25) is 23.2 Å². The minimum absolute atomic E-state index is 0.430. The zero-order chi connectivity index (χ0) is 47.5. The lowest BCUT2D eigenvalue weighted by Crippen LogP contribution is -2.43. The normalized spacial score (nSPS) is 15.5. The fourth-order valence-corrected chi connectivity index (χ4v) is 19.5. The van der Waals surface area contributed by atoms with E-state index in [0.717, 1.165) is 73.7 Å². The van der Waals surface area contributed by atoms with Crippen LogP contribution in [0.5, 0.6) is 0 Å². The van der Waals surface area contributed by atoms with Crippen LogP contribution >= 0.6 is 23.2 Å². The van der Waals surface area contributed by atoms with Crippen molar-refractivity contribution < 1.29 is 4.57 Å². The van der Waals surface area contributed by atoms with Gasteiger partial charge < -0.3 is 0 Å². The Bertz CT molecular complexity index is 3400. The van der Waals surface area contributed by atoms with E-state index >= 15 is 4.57 Å². The predicted octanol–water partition coefficient (Wildman–Crippen LogP) is 15.3. The molecule has 342 valence electrons. The molecule has 0 fully saturated rings. The highest BCUT2D eigenvalue weighted by Crippen LogP contribution is 2.76. The number of hydrogen-bond acceptors (Lipinski definition) is 7. The zero-order valence-corrected chi connectivity index (χ0v) is 41.3. The van der Waals surface area contributed by atoms with Gasteiger partial charge in [0.25, 0.3) is 7.56 Å². The van der Waals surface area contributed by atoms with Gasteiger partial charge in [0.1, 0.15) is 16.8 Å². The average molecular weight is 976 g/mol. The van der Waals surface area contributed by atoms with Crippen molar-refractivity contribution in [3.8, 4) is 0 Å². The van der Waals surface area contributed by atoms with E-state index in [9.17, 15) is 0 Å². The molecule has 0 amide bonds. The fourth-order valence-electron chi connectivity index (χ4n) is 10.3. The zero-order valence-electron chi connectivity index (χ0n) is 38.7. The van der Waals surface area contributed by atoms with Crippen molar-refractivity contribution in [2.75, 3.05) is 34.7 Å². The second-order valence-electron chi connectivity index (χ2n) is 17.5. The fraction of sp³-hybridized carbons (Fsp3) is 0.0169. The van der Waals surface area contributed by atoms with Gasteiger partial charge in [-0.1, -0.05) is 146 Å². The summed E-state index contributed by atoms with van der Waals surface area (Å²) in [5.41, 5.74) is 13.3. The summed E-state index contributed by atoms with van der Waals surface area (Å²) in [4.78, 5) is 11.9. The van der Waals surface area contributed by atoms with E-state index in [1.165, 1.54) is 0 Å². The third kappa shape index (κ3) is 6.80. The lowest BCUT2D eigenvalue weighted by Gasteiger charge is -2.37. The van der Waals surface area contributed by atoms with Gasteiger partial charge >= 0.3 is 7.44 Å². The van der Waals surface area contributed by atoms with Crippen molar-refractivity contribution >= 4 is 108 Å². The summed E-state index contributed by atoms with van der Waals surface area (Å²) in [7, 11) is -8.72. The van der Waals surface area contributed by atoms with Crippen LogP contribution in [0.25, 0.3) is 0 Å². The van der Waals surface area contributed by atoms with Gasteiger partial charge in [0.05, 0.1) is 40.8 Å². The van der Waals surface area contributed by atoms with Crippen LogP contribution in [0.2, 0.25) is 0 Å². The highest BCUT2D eigenvalue weighted by Gasteiger charge is 2.61. The molecule has 0 N–H and O–H groups in total. The van der Waals surface area contributed by atoms with E-state index in [4.69, 9.17) is 9.97 Å². The van der Waals surface area contributed by atoms with Gasteiger partial charge in [-0.25, -0.2) is 4.98 Å². The summed E-state index contributed by atoms with van der Waals surface area (Å²) in [5.74, 6) is 0. The molecule has 0 aliphatic carbocycles. The topological polar surface area (TPSA) is 62.3 Å². The van der Waals surface area contributed by atoms with Crippen LogP contribution in [-0.2, 0) is 4.57 Å². The Morgan fingerprint density at radius 3 is 1.06 bits per heavy atom. The molecule has 0 radical (unpaired) electrons. The van der Waals surface area contributed by atoms with Gasteiger partial charge in [0, 0.05) is 28.8 Å². The van der Waals surface area contributed by atoms with Crippen LogP contribution in [0, 0.1) is 0 Å². The summed E-state index contributed by atoms with van der Waals surface area (Å²) >= 11 is 0. The highest BCUT2D eigenvalue weighted by atomic mass is 31.2. The Kier molecular flexibility index (Phi) is 10.5. The summed E-state index contributed by atoms with van der Waals surface area (Å²) in [5, 5.41) is 0. The molecule has 13 rings (SSSR count). The Labute approximate surface area is 416 Å². The molecule has 0 spiro atoms. The molecule has 4 heterocycles. The summed E-state index contributed by atoms with van der Waals surface area (Å²) < 4.78 is 31.8. The Morgan fingerprint density at radius 1 is 0.366 bits per heavy atom. The van der Waals surface area contributed by atoms with E-state index in [2.05, 4.69) is 213 Å². The van der Waals surface area contributed by atoms with E-state index in [1.54, 1.807) is 0 Å². The lowest BCUT2D eigenvalue weighted by molar-refractivity contribution is 0.582. The van der Waals surface area contributed by atoms with Crippen LogP contribution in [0.1, 0.15) is 0 Å². The predicted molar refractivity (Wildman–Crippen MR) is 299 cm³/mol. The minimum atomic E-state index is -4.08. The molecule has 0 bridgehead atoms. The number of para-hydroxylation sites is 12. The first-order chi connectivity index (χ1) is 35.0. The molecule has 3 aliphatic heterocycles. The van der Waals surface area contributed by atoms with Gasteiger partial charge in [-0.05, 0) is 109 Å². The molecule has 1 aromatic heterocycles. The van der Waals surface area contributed by atoms with E-state index in [-0.39, 0.29) is 0 Å². The molecule has 0 atom stereocenters. The van der Waals surface area contributed by atoms with Crippen molar-refractivity contribution in [1.82, 2.24) is 9.97 Å². The molecular weight excluding hydrogens is 930 g/mol. The standard InChI is InChI=1S/C59H46N8OP3/c1-70(64(47-30-12-4-13-31-47)53-40-22-23-41-54(53)65(70)48-32-14-5-15-33-48)57-44-58(71(68)66(49-34-16-6-17-35-49)55-42-24-25-43-56(55)67(71)50-36-18-7-19-37-50)61-59(60-57)69-62(45-26-8-2-9-27-45)51-38-20-21-39-52(51)63(69)46-28-10-3-11-29-46/h2-44H,1H3/q+1.